The molecule has 0 aliphatic carbocycles. The maximum atomic E-state index is 14.2. The molecule has 0 saturated heterocycles. The van der Waals surface area contributed by atoms with Gasteiger partial charge in [0.25, 0.3) is 0 Å². The van der Waals surface area contributed by atoms with Gasteiger partial charge in [0, 0.05) is 36.4 Å². The number of halogens is 1. The monoisotopic (exact) mass is 280 g/mol. The Balaban J connectivity index is 3.04. The van der Waals surface area contributed by atoms with E-state index in [2.05, 4.69) is 51.9 Å². The fraction of sp³-hybridized carbons (Fsp3) is 0.647. The second-order valence-corrected chi connectivity index (χ2v) is 6.42. The fourth-order valence-corrected chi connectivity index (χ4v) is 2.44. The minimum Gasteiger partial charge on any atom is -0.371 e. The van der Waals surface area contributed by atoms with E-state index in [-0.39, 0.29) is 11.4 Å². The molecule has 0 radical (unpaired) electrons. The van der Waals surface area contributed by atoms with E-state index in [0.717, 1.165) is 24.1 Å². The topological polar surface area (TPSA) is 15.3 Å². The first-order valence-corrected chi connectivity index (χ1v) is 7.55. The predicted octanol–water partition coefficient (Wildman–Crippen LogP) is 4.34. The highest BCUT2D eigenvalue weighted by Gasteiger charge is 2.18. The fourth-order valence-electron chi connectivity index (χ4n) is 2.44. The van der Waals surface area contributed by atoms with Crippen molar-refractivity contribution in [3.05, 3.63) is 29.6 Å². The van der Waals surface area contributed by atoms with Crippen LogP contribution >= 0.6 is 0 Å². The van der Waals surface area contributed by atoms with Crippen molar-refractivity contribution < 1.29 is 4.39 Å². The standard InChI is InChI=1S/C17H29FN2/c1-7-13(8-2)20(6)16-11-9-10-15(18)14(16)12-19-17(3,4)5/h9-11,13,19H,7-8,12H2,1-6H3. The largest absolute Gasteiger partial charge is 0.371 e. The van der Waals surface area contributed by atoms with Crippen molar-refractivity contribution >= 4 is 5.69 Å². The van der Waals surface area contributed by atoms with Crippen LogP contribution in [0, 0.1) is 5.82 Å². The number of nitrogens with one attached hydrogen (secondary N) is 1. The Kier molecular flexibility index (Phi) is 6.00. The summed E-state index contributed by atoms with van der Waals surface area (Å²) in [6.07, 6.45) is 2.13. The van der Waals surface area contributed by atoms with Gasteiger partial charge in [-0.2, -0.15) is 0 Å². The van der Waals surface area contributed by atoms with Gasteiger partial charge in [-0.05, 0) is 45.7 Å². The van der Waals surface area contributed by atoms with E-state index < -0.39 is 0 Å². The van der Waals surface area contributed by atoms with Crippen LogP contribution in [0.1, 0.15) is 53.0 Å². The van der Waals surface area contributed by atoms with Gasteiger partial charge in [-0.3, -0.25) is 0 Å². The number of anilines is 1. The van der Waals surface area contributed by atoms with Crippen molar-refractivity contribution in [1.29, 1.82) is 0 Å². The minimum atomic E-state index is -0.128. The van der Waals surface area contributed by atoms with E-state index in [1.165, 1.54) is 0 Å². The van der Waals surface area contributed by atoms with E-state index in [4.69, 9.17) is 0 Å². The molecule has 0 fully saturated rings. The van der Waals surface area contributed by atoms with Crippen molar-refractivity contribution in [1.82, 2.24) is 5.32 Å². The van der Waals surface area contributed by atoms with E-state index in [9.17, 15) is 4.39 Å². The average molecular weight is 280 g/mol. The van der Waals surface area contributed by atoms with E-state index in [1.54, 1.807) is 12.1 Å². The molecule has 2 nitrogen and oxygen atoms in total. The molecule has 1 aromatic carbocycles. The lowest BCUT2D eigenvalue weighted by atomic mass is 10.0. The van der Waals surface area contributed by atoms with Gasteiger partial charge in [-0.1, -0.05) is 19.9 Å². The molecule has 20 heavy (non-hydrogen) atoms. The first-order valence-electron chi connectivity index (χ1n) is 7.55. The second-order valence-electron chi connectivity index (χ2n) is 6.42. The molecule has 0 saturated carbocycles. The molecule has 1 aromatic rings. The van der Waals surface area contributed by atoms with Crippen LogP contribution in [0.4, 0.5) is 10.1 Å². The molecule has 1 N–H and O–H groups in total. The summed E-state index contributed by atoms with van der Waals surface area (Å²) in [6.45, 7) is 11.2. The lowest BCUT2D eigenvalue weighted by Gasteiger charge is -2.31. The molecule has 0 aliphatic heterocycles. The molecule has 0 atom stereocenters. The Labute approximate surface area is 123 Å². The third-order valence-corrected chi connectivity index (χ3v) is 3.76. The van der Waals surface area contributed by atoms with Crippen molar-refractivity contribution in [2.24, 2.45) is 0 Å². The predicted molar refractivity (Wildman–Crippen MR) is 85.8 cm³/mol. The minimum absolute atomic E-state index is 0.0208. The maximum Gasteiger partial charge on any atom is 0.129 e. The van der Waals surface area contributed by atoms with E-state index >= 15 is 0 Å². The van der Waals surface area contributed by atoms with Gasteiger partial charge in [-0.25, -0.2) is 4.39 Å². The summed E-state index contributed by atoms with van der Waals surface area (Å²) >= 11 is 0. The Morgan fingerprint density at radius 1 is 1.20 bits per heavy atom. The van der Waals surface area contributed by atoms with Crippen LogP contribution in [0.3, 0.4) is 0 Å². The first-order chi connectivity index (χ1) is 9.30. The van der Waals surface area contributed by atoms with Crippen molar-refractivity contribution in [2.75, 3.05) is 11.9 Å². The highest BCUT2D eigenvalue weighted by atomic mass is 19.1. The van der Waals surface area contributed by atoms with Crippen LogP contribution in [-0.2, 0) is 6.54 Å². The molecule has 114 valence electrons. The van der Waals surface area contributed by atoms with Gasteiger partial charge in [0.2, 0.25) is 0 Å². The van der Waals surface area contributed by atoms with E-state index in [0.29, 0.717) is 12.6 Å². The highest BCUT2D eigenvalue weighted by molar-refractivity contribution is 5.54. The first kappa shape index (κ1) is 17.0. The van der Waals surface area contributed by atoms with Crippen LogP contribution in [0.2, 0.25) is 0 Å². The number of hydrogen-bond acceptors (Lipinski definition) is 2. The molecular formula is C17H29FN2. The van der Waals surface area contributed by atoms with Crippen LogP contribution in [0.15, 0.2) is 18.2 Å². The molecule has 0 amide bonds. The van der Waals surface area contributed by atoms with Gasteiger partial charge in [0.15, 0.2) is 0 Å². The van der Waals surface area contributed by atoms with E-state index in [1.807, 2.05) is 6.07 Å². The SMILES string of the molecule is CCC(CC)N(C)c1cccc(F)c1CNC(C)(C)C. The van der Waals surface area contributed by atoms with Crippen LogP contribution in [0.25, 0.3) is 0 Å². The Hall–Kier alpha value is -1.09. The molecule has 0 spiro atoms. The number of hydrogen-bond donors (Lipinski definition) is 1. The van der Waals surface area contributed by atoms with Crippen molar-refractivity contribution in [3.8, 4) is 0 Å². The van der Waals surface area contributed by atoms with Crippen LogP contribution in [-0.4, -0.2) is 18.6 Å². The van der Waals surface area contributed by atoms with Gasteiger partial charge < -0.3 is 10.2 Å². The Bertz CT molecular complexity index is 419. The third kappa shape index (κ3) is 4.48. The van der Waals surface area contributed by atoms with Gasteiger partial charge in [0.05, 0.1) is 0 Å². The number of benzene rings is 1. The summed E-state index contributed by atoms with van der Waals surface area (Å²) in [4.78, 5) is 2.21. The number of rotatable bonds is 6. The number of nitrogens with zero attached hydrogens (tertiary/aromatic N) is 1. The zero-order valence-corrected chi connectivity index (χ0v) is 13.8. The molecule has 0 bridgehead atoms. The zero-order chi connectivity index (χ0) is 15.3. The summed E-state index contributed by atoms with van der Waals surface area (Å²) in [5, 5.41) is 3.38. The summed E-state index contributed by atoms with van der Waals surface area (Å²) in [5.74, 6) is -0.128. The Morgan fingerprint density at radius 2 is 1.80 bits per heavy atom. The van der Waals surface area contributed by atoms with Gasteiger partial charge in [0.1, 0.15) is 5.82 Å². The summed E-state index contributed by atoms with van der Waals surface area (Å²) in [6, 6.07) is 5.81. The maximum absolute atomic E-state index is 14.2. The van der Waals surface area contributed by atoms with Crippen LogP contribution in [0.5, 0.6) is 0 Å². The average Bonchev–Trinajstić information content (AvgIpc) is 2.37. The van der Waals surface area contributed by atoms with Crippen molar-refractivity contribution in [3.63, 3.8) is 0 Å². The van der Waals surface area contributed by atoms with Crippen molar-refractivity contribution in [2.45, 2.75) is 65.6 Å². The summed E-state index contributed by atoms with van der Waals surface area (Å²) in [7, 11) is 2.06. The molecule has 0 unspecified atom stereocenters. The van der Waals surface area contributed by atoms with Gasteiger partial charge in [-0.15, -0.1) is 0 Å². The highest BCUT2D eigenvalue weighted by Crippen LogP contribution is 2.26. The molecule has 0 heterocycles. The quantitative estimate of drug-likeness (QED) is 0.834. The zero-order valence-electron chi connectivity index (χ0n) is 13.8. The second kappa shape index (κ2) is 7.07. The lowest BCUT2D eigenvalue weighted by molar-refractivity contribution is 0.418. The molecule has 1 rings (SSSR count). The third-order valence-electron chi connectivity index (χ3n) is 3.76. The molecular weight excluding hydrogens is 251 g/mol. The smallest absolute Gasteiger partial charge is 0.129 e. The van der Waals surface area contributed by atoms with Crippen LogP contribution < -0.4 is 10.2 Å². The molecule has 3 heteroatoms. The summed E-state index contributed by atoms with van der Waals surface area (Å²) in [5.41, 5.74) is 1.74. The molecule has 0 aromatic heterocycles. The van der Waals surface area contributed by atoms with Gasteiger partial charge >= 0.3 is 0 Å². The lowest BCUT2D eigenvalue weighted by Crippen LogP contribution is -2.37. The normalized spacial score (nSPS) is 12.0. The summed E-state index contributed by atoms with van der Waals surface area (Å²) < 4.78 is 14.2. The molecule has 0 aliphatic rings. The Morgan fingerprint density at radius 3 is 2.30 bits per heavy atom.